The summed E-state index contributed by atoms with van der Waals surface area (Å²) in [5.74, 6) is -0.205. The van der Waals surface area contributed by atoms with Gasteiger partial charge in [-0.2, -0.15) is 5.10 Å². The molecule has 16 heavy (non-hydrogen) atoms. The molecule has 0 aromatic heterocycles. The minimum absolute atomic E-state index is 0.0964. The predicted molar refractivity (Wildman–Crippen MR) is 60.0 cm³/mol. The second-order valence-corrected chi connectivity index (χ2v) is 3.53. The van der Waals surface area contributed by atoms with E-state index >= 15 is 0 Å². The highest BCUT2D eigenvalue weighted by Gasteiger charge is 2.15. The van der Waals surface area contributed by atoms with Crippen molar-refractivity contribution in [1.82, 2.24) is 5.43 Å². The van der Waals surface area contributed by atoms with Gasteiger partial charge in [-0.15, -0.1) is 0 Å². The standard InChI is InChI=1S/C11H11N3O2/c1-7(15)12-9-4-2-8(3-5-9)10-6-11(16)14-13-10/h2-5H,6H2,1H3,(H,12,15)(H,14,16). The zero-order chi connectivity index (χ0) is 11.5. The van der Waals surface area contributed by atoms with Crippen molar-refractivity contribution in [3.8, 4) is 0 Å². The van der Waals surface area contributed by atoms with Gasteiger partial charge in [0.2, 0.25) is 11.8 Å². The van der Waals surface area contributed by atoms with Crippen molar-refractivity contribution in [1.29, 1.82) is 0 Å². The van der Waals surface area contributed by atoms with Crippen molar-refractivity contribution in [2.24, 2.45) is 5.10 Å². The number of hydrogen-bond acceptors (Lipinski definition) is 3. The van der Waals surface area contributed by atoms with Crippen molar-refractivity contribution >= 4 is 23.2 Å². The van der Waals surface area contributed by atoms with Crippen molar-refractivity contribution < 1.29 is 9.59 Å². The Bertz CT molecular complexity index is 463. The van der Waals surface area contributed by atoms with Crippen molar-refractivity contribution in [2.45, 2.75) is 13.3 Å². The molecule has 1 aliphatic rings. The third kappa shape index (κ3) is 2.25. The lowest BCUT2D eigenvalue weighted by Crippen LogP contribution is -2.09. The van der Waals surface area contributed by atoms with E-state index in [-0.39, 0.29) is 11.8 Å². The van der Waals surface area contributed by atoms with Crippen molar-refractivity contribution in [3.05, 3.63) is 29.8 Å². The van der Waals surface area contributed by atoms with E-state index in [4.69, 9.17) is 0 Å². The number of carbonyl (C=O) groups excluding carboxylic acids is 2. The lowest BCUT2D eigenvalue weighted by Gasteiger charge is -2.03. The largest absolute Gasteiger partial charge is 0.326 e. The van der Waals surface area contributed by atoms with Crippen LogP contribution in [0.4, 0.5) is 5.69 Å². The molecule has 1 aromatic carbocycles. The maximum Gasteiger partial charge on any atom is 0.246 e. The first-order valence-corrected chi connectivity index (χ1v) is 4.88. The molecule has 1 heterocycles. The third-order valence-corrected chi connectivity index (χ3v) is 2.18. The Kier molecular flexibility index (Phi) is 2.68. The highest BCUT2D eigenvalue weighted by Crippen LogP contribution is 2.13. The molecule has 5 heteroatoms. The second-order valence-electron chi connectivity index (χ2n) is 3.53. The molecular weight excluding hydrogens is 206 g/mol. The summed E-state index contributed by atoms with van der Waals surface area (Å²) in [6.07, 6.45) is 0.305. The molecule has 0 unspecified atom stereocenters. The lowest BCUT2D eigenvalue weighted by atomic mass is 10.1. The van der Waals surface area contributed by atoms with E-state index in [0.29, 0.717) is 6.42 Å². The zero-order valence-corrected chi connectivity index (χ0v) is 8.78. The van der Waals surface area contributed by atoms with Crippen LogP contribution in [0, 0.1) is 0 Å². The van der Waals surface area contributed by atoms with Gasteiger partial charge >= 0.3 is 0 Å². The van der Waals surface area contributed by atoms with Crippen LogP contribution in [0.15, 0.2) is 29.4 Å². The number of hydrazone groups is 1. The van der Waals surface area contributed by atoms with E-state index in [1.165, 1.54) is 6.92 Å². The maximum atomic E-state index is 11.0. The van der Waals surface area contributed by atoms with Crippen molar-refractivity contribution in [2.75, 3.05) is 5.32 Å². The fraction of sp³-hybridized carbons (Fsp3) is 0.182. The molecule has 0 radical (unpaired) electrons. The Hall–Kier alpha value is -2.17. The summed E-state index contributed by atoms with van der Waals surface area (Å²) < 4.78 is 0. The first-order chi connectivity index (χ1) is 7.65. The molecule has 5 nitrogen and oxygen atoms in total. The number of rotatable bonds is 2. The van der Waals surface area contributed by atoms with Crippen LogP contribution >= 0.6 is 0 Å². The van der Waals surface area contributed by atoms with Gasteiger partial charge in [0.15, 0.2) is 0 Å². The van der Waals surface area contributed by atoms with E-state index in [0.717, 1.165) is 17.0 Å². The normalized spacial score (nSPS) is 14.3. The summed E-state index contributed by atoms with van der Waals surface area (Å²) in [6, 6.07) is 7.21. The topological polar surface area (TPSA) is 70.6 Å². The molecule has 2 amide bonds. The summed E-state index contributed by atoms with van der Waals surface area (Å²) in [4.78, 5) is 21.8. The van der Waals surface area contributed by atoms with Crippen LogP contribution in [-0.2, 0) is 9.59 Å². The van der Waals surface area contributed by atoms with Crippen LogP contribution in [0.5, 0.6) is 0 Å². The first kappa shape index (κ1) is 10.4. The van der Waals surface area contributed by atoms with Crippen LogP contribution in [0.3, 0.4) is 0 Å². The van der Waals surface area contributed by atoms with Crippen LogP contribution in [0.2, 0.25) is 0 Å². The van der Waals surface area contributed by atoms with Crippen LogP contribution < -0.4 is 10.7 Å². The smallest absolute Gasteiger partial charge is 0.246 e. The van der Waals surface area contributed by atoms with Gasteiger partial charge in [-0.1, -0.05) is 12.1 Å². The molecular formula is C11H11N3O2. The molecule has 1 aromatic rings. The minimum atomic E-state index is -0.109. The molecule has 0 saturated heterocycles. The van der Waals surface area contributed by atoms with Gasteiger partial charge < -0.3 is 5.32 Å². The minimum Gasteiger partial charge on any atom is -0.326 e. The van der Waals surface area contributed by atoms with E-state index in [1.807, 2.05) is 12.1 Å². The Morgan fingerprint density at radius 3 is 2.56 bits per heavy atom. The number of benzene rings is 1. The summed E-state index contributed by atoms with van der Waals surface area (Å²) >= 11 is 0. The SMILES string of the molecule is CC(=O)Nc1ccc(C2=NNC(=O)C2)cc1. The number of hydrogen-bond donors (Lipinski definition) is 2. The average Bonchev–Trinajstić information content (AvgIpc) is 2.65. The lowest BCUT2D eigenvalue weighted by molar-refractivity contribution is -0.119. The fourth-order valence-corrected chi connectivity index (χ4v) is 1.48. The van der Waals surface area contributed by atoms with Gasteiger partial charge in [0.05, 0.1) is 12.1 Å². The fourth-order valence-electron chi connectivity index (χ4n) is 1.48. The second kappa shape index (κ2) is 4.14. The number of anilines is 1. The van der Waals surface area contributed by atoms with Crippen molar-refractivity contribution in [3.63, 3.8) is 0 Å². The Morgan fingerprint density at radius 2 is 2.06 bits per heavy atom. The Labute approximate surface area is 92.5 Å². The molecule has 82 valence electrons. The van der Waals surface area contributed by atoms with E-state index in [9.17, 15) is 9.59 Å². The Morgan fingerprint density at radius 1 is 1.38 bits per heavy atom. The predicted octanol–water partition coefficient (Wildman–Crippen LogP) is 0.869. The van der Waals surface area contributed by atoms with Crippen LogP contribution in [0.25, 0.3) is 0 Å². The number of amides is 2. The maximum absolute atomic E-state index is 11.0. The molecule has 0 fully saturated rings. The van der Waals surface area contributed by atoms with Crippen LogP contribution in [0.1, 0.15) is 18.9 Å². The number of carbonyl (C=O) groups is 2. The monoisotopic (exact) mass is 217 g/mol. The molecule has 0 bridgehead atoms. The number of nitrogens with zero attached hydrogens (tertiary/aromatic N) is 1. The summed E-state index contributed by atoms with van der Waals surface area (Å²) in [6.45, 7) is 1.46. The molecule has 0 spiro atoms. The van der Waals surface area contributed by atoms with E-state index in [1.54, 1.807) is 12.1 Å². The zero-order valence-electron chi connectivity index (χ0n) is 8.78. The average molecular weight is 217 g/mol. The molecule has 0 saturated carbocycles. The number of nitrogens with one attached hydrogen (secondary N) is 2. The molecule has 0 atom stereocenters. The van der Waals surface area contributed by atoms with Gasteiger partial charge in [-0.3, -0.25) is 9.59 Å². The van der Waals surface area contributed by atoms with Gasteiger partial charge in [0.25, 0.3) is 0 Å². The quantitative estimate of drug-likeness (QED) is 0.771. The third-order valence-electron chi connectivity index (χ3n) is 2.18. The van der Waals surface area contributed by atoms with Gasteiger partial charge in [-0.25, -0.2) is 5.43 Å². The Balaban J connectivity index is 2.13. The highest BCUT2D eigenvalue weighted by molar-refractivity contribution is 6.13. The van der Waals surface area contributed by atoms with Gasteiger partial charge in [0, 0.05) is 12.6 Å². The first-order valence-electron chi connectivity index (χ1n) is 4.88. The van der Waals surface area contributed by atoms with E-state index < -0.39 is 0 Å². The van der Waals surface area contributed by atoms with Gasteiger partial charge in [-0.05, 0) is 17.7 Å². The summed E-state index contributed by atoms with van der Waals surface area (Å²) in [5.41, 5.74) is 4.73. The molecule has 2 N–H and O–H groups in total. The summed E-state index contributed by atoms with van der Waals surface area (Å²) in [5, 5.41) is 6.58. The molecule has 1 aliphatic heterocycles. The molecule has 0 aliphatic carbocycles. The summed E-state index contributed by atoms with van der Waals surface area (Å²) in [7, 11) is 0. The van der Waals surface area contributed by atoms with E-state index in [2.05, 4.69) is 15.8 Å². The highest BCUT2D eigenvalue weighted by atomic mass is 16.2. The van der Waals surface area contributed by atoms with Gasteiger partial charge in [0.1, 0.15) is 0 Å². The van der Waals surface area contributed by atoms with Crippen LogP contribution in [-0.4, -0.2) is 17.5 Å². The molecule has 2 rings (SSSR count).